The molecule has 2 fully saturated rings. The molecule has 0 aromatic carbocycles. The van der Waals surface area contributed by atoms with Crippen LogP contribution in [-0.4, -0.2) is 16.1 Å². The van der Waals surface area contributed by atoms with E-state index in [1.165, 1.54) is 25.7 Å². The lowest BCUT2D eigenvalue weighted by Gasteiger charge is -2.37. The van der Waals surface area contributed by atoms with Gasteiger partial charge in [0.1, 0.15) is 17.1 Å². The van der Waals surface area contributed by atoms with Crippen molar-refractivity contribution in [2.45, 2.75) is 64.9 Å². The molecule has 0 bridgehead atoms. The lowest BCUT2D eigenvalue weighted by atomic mass is 9.75. The van der Waals surface area contributed by atoms with E-state index in [0.29, 0.717) is 28.8 Å². The van der Waals surface area contributed by atoms with Gasteiger partial charge in [-0.15, -0.1) is 0 Å². The molecule has 0 radical (unpaired) electrons. The van der Waals surface area contributed by atoms with Crippen molar-refractivity contribution in [2.75, 3.05) is 0 Å². The van der Waals surface area contributed by atoms with Crippen LogP contribution >= 0.6 is 11.6 Å². The molecule has 0 spiro atoms. The third kappa shape index (κ3) is 3.68. The summed E-state index contributed by atoms with van der Waals surface area (Å²) in [6, 6.07) is 1.77. The highest BCUT2D eigenvalue weighted by molar-refractivity contribution is 6.29. The molecule has 3 rings (SSSR count). The molecule has 2 aliphatic carbocycles. The van der Waals surface area contributed by atoms with Crippen LogP contribution in [-0.2, 0) is 0 Å². The maximum Gasteiger partial charge on any atom is 0.218 e. The van der Waals surface area contributed by atoms with Crippen LogP contribution < -0.4 is 4.74 Å². The number of ether oxygens (including phenoxy) is 1. The van der Waals surface area contributed by atoms with Crippen LogP contribution in [0.2, 0.25) is 5.15 Å². The minimum Gasteiger partial charge on any atom is -0.474 e. The van der Waals surface area contributed by atoms with Crippen molar-refractivity contribution in [1.29, 1.82) is 0 Å². The summed E-state index contributed by atoms with van der Waals surface area (Å²) < 4.78 is 6.26. The van der Waals surface area contributed by atoms with Gasteiger partial charge in [-0.2, -0.15) is 4.98 Å². The molecule has 1 heterocycles. The maximum absolute atomic E-state index is 6.26. The highest BCUT2D eigenvalue weighted by atomic mass is 35.5. The number of rotatable bonds is 4. The Kier molecular flexibility index (Phi) is 4.39. The summed E-state index contributed by atoms with van der Waals surface area (Å²) in [5.74, 6) is 4.01. The summed E-state index contributed by atoms with van der Waals surface area (Å²) >= 11 is 6.14. The van der Waals surface area contributed by atoms with Crippen LogP contribution in [0.4, 0.5) is 0 Å². The molecule has 3 atom stereocenters. The van der Waals surface area contributed by atoms with Gasteiger partial charge in [-0.1, -0.05) is 38.8 Å². The minimum atomic E-state index is 0.256. The van der Waals surface area contributed by atoms with Gasteiger partial charge in [-0.25, -0.2) is 4.98 Å². The molecule has 4 heteroatoms. The van der Waals surface area contributed by atoms with Crippen LogP contribution in [0.3, 0.4) is 0 Å². The molecule has 2 aliphatic rings. The van der Waals surface area contributed by atoms with Crippen molar-refractivity contribution in [1.82, 2.24) is 9.97 Å². The van der Waals surface area contributed by atoms with E-state index >= 15 is 0 Å². The number of aromatic nitrogens is 2. The van der Waals surface area contributed by atoms with Crippen LogP contribution in [0, 0.1) is 17.8 Å². The number of hydrogen-bond acceptors (Lipinski definition) is 3. The smallest absolute Gasteiger partial charge is 0.218 e. The lowest BCUT2D eigenvalue weighted by molar-refractivity contribution is 0.0424. The van der Waals surface area contributed by atoms with Gasteiger partial charge in [0.25, 0.3) is 0 Å². The zero-order valence-corrected chi connectivity index (χ0v) is 13.9. The van der Waals surface area contributed by atoms with Crippen molar-refractivity contribution >= 4 is 11.6 Å². The normalized spacial score (nSPS) is 29.7. The van der Waals surface area contributed by atoms with Crippen molar-refractivity contribution in [3.05, 3.63) is 17.0 Å². The van der Waals surface area contributed by atoms with E-state index < -0.39 is 0 Å². The van der Waals surface area contributed by atoms with E-state index in [2.05, 4.69) is 30.7 Å². The molecule has 2 saturated carbocycles. The lowest BCUT2D eigenvalue weighted by Crippen LogP contribution is -2.36. The molecule has 0 N–H and O–H groups in total. The third-order valence-electron chi connectivity index (χ3n) is 4.86. The van der Waals surface area contributed by atoms with Gasteiger partial charge >= 0.3 is 0 Å². The Balaban J connectivity index is 1.77. The second-order valence-corrected chi connectivity index (χ2v) is 7.53. The molecular formula is C17H25ClN2O. The maximum atomic E-state index is 6.26. The van der Waals surface area contributed by atoms with Gasteiger partial charge in [-0.3, -0.25) is 0 Å². The van der Waals surface area contributed by atoms with Crippen LogP contribution in [0.25, 0.3) is 0 Å². The van der Waals surface area contributed by atoms with E-state index in [1.54, 1.807) is 6.07 Å². The van der Waals surface area contributed by atoms with Crippen molar-refractivity contribution in [2.24, 2.45) is 17.8 Å². The first-order chi connectivity index (χ1) is 10.0. The first-order valence-electron chi connectivity index (χ1n) is 8.24. The summed E-state index contributed by atoms with van der Waals surface area (Å²) in [4.78, 5) is 8.92. The largest absolute Gasteiger partial charge is 0.474 e. The van der Waals surface area contributed by atoms with E-state index in [-0.39, 0.29) is 6.10 Å². The van der Waals surface area contributed by atoms with Gasteiger partial charge in [0.2, 0.25) is 5.88 Å². The van der Waals surface area contributed by atoms with E-state index in [9.17, 15) is 0 Å². The molecule has 0 aliphatic heterocycles. The monoisotopic (exact) mass is 308 g/mol. The third-order valence-corrected chi connectivity index (χ3v) is 5.06. The van der Waals surface area contributed by atoms with Gasteiger partial charge in [-0.05, 0) is 43.4 Å². The summed E-state index contributed by atoms with van der Waals surface area (Å²) in [6.45, 7) is 6.90. The molecule has 0 saturated heterocycles. The van der Waals surface area contributed by atoms with Crippen LogP contribution in [0.5, 0.6) is 5.88 Å². The molecule has 116 valence electrons. The first kappa shape index (κ1) is 15.1. The Labute approximate surface area is 132 Å². The van der Waals surface area contributed by atoms with E-state index in [1.807, 2.05) is 0 Å². The number of halogens is 1. The topological polar surface area (TPSA) is 35.0 Å². The number of hydrogen-bond donors (Lipinski definition) is 0. The fraction of sp³-hybridized carbons (Fsp3) is 0.765. The van der Waals surface area contributed by atoms with E-state index in [0.717, 1.165) is 18.2 Å². The standard InChI is InChI=1S/C17H25ClN2O/c1-10(2)13-7-4-11(3)8-14(13)21-16-9-15(18)19-17(20-16)12-5-6-12/h9-14H,4-8H2,1-3H3. The second kappa shape index (κ2) is 6.12. The highest BCUT2D eigenvalue weighted by Crippen LogP contribution is 2.40. The Morgan fingerprint density at radius 2 is 1.95 bits per heavy atom. The highest BCUT2D eigenvalue weighted by Gasteiger charge is 2.33. The van der Waals surface area contributed by atoms with Gasteiger partial charge in [0.15, 0.2) is 0 Å². The Bertz CT molecular complexity index is 502. The fourth-order valence-electron chi connectivity index (χ4n) is 3.40. The Morgan fingerprint density at radius 3 is 2.62 bits per heavy atom. The second-order valence-electron chi connectivity index (χ2n) is 7.14. The van der Waals surface area contributed by atoms with Crippen molar-refractivity contribution in [3.63, 3.8) is 0 Å². The summed E-state index contributed by atoms with van der Waals surface area (Å²) in [6.07, 6.45) is 6.28. The molecule has 3 unspecified atom stereocenters. The first-order valence-corrected chi connectivity index (χ1v) is 8.62. The minimum absolute atomic E-state index is 0.256. The molecule has 1 aromatic rings. The average molecular weight is 309 g/mol. The zero-order chi connectivity index (χ0) is 15.0. The molecule has 21 heavy (non-hydrogen) atoms. The SMILES string of the molecule is CC1CCC(C(C)C)C(Oc2cc(Cl)nc(C3CC3)n2)C1. The van der Waals surface area contributed by atoms with E-state index in [4.69, 9.17) is 16.3 Å². The molecular weight excluding hydrogens is 284 g/mol. The quantitative estimate of drug-likeness (QED) is 0.746. The van der Waals surface area contributed by atoms with Crippen molar-refractivity contribution < 1.29 is 4.74 Å². The average Bonchev–Trinajstić information content (AvgIpc) is 3.21. The predicted octanol–water partition coefficient (Wildman–Crippen LogP) is 4.85. The molecule has 1 aromatic heterocycles. The van der Waals surface area contributed by atoms with Gasteiger partial charge in [0.05, 0.1) is 0 Å². The Hall–Kier alpha value is -0.830. The molecule has 0 amide bonds. The van der Waals surface area contributed by atoms with Crippen LogP contribution in [0.15, 0.2) is 6.07 Å². The van der Waals surface area contributed by atoms with Gasteiger partial charge in [0, 0.05) is 12.0 Å². The zero-order valence-electron chi connectivity index (χ0n) is 13.2. The summed E-state index contributed by atoms with van der Waals surface area (Å²) in [5, 5.41) is 0.506. The van der Waals surface area contributed by atoms with Crippen LogP contribution in [0.1, 0.15) is 64.6 Å². The molecule has 3 nitrogen and oxygen atoms in total. The Morgan fingerprint density at radius 1 is 1.19 bits per heavy atom. The summed E-state index contributed by atoms with van der Waals surface area (Å²) in [7, 11) is 0. The fourth-order valence-corrected chi connectivity index (χ4v) is 3.58. The van der Waals surface area contributed by atoms with Gasteiger partial charge < -0.3 is 4.74 Å². The summed E-state index contributed by atoms with van der Waals surface area (Å²) in [5.41, 5.74) is 0. The number of nitrogens with zero attached hydrogens (tertiary/aromatic N) is 2. The van der Waals surface area contributed by atoms with Crippen molar-refractivity contribution in [3.8, 4) is 5.88 Å². The predicted molar refractivity (Wildman–Crippen MR) is 84.8 cm³/mol.